The van der Waals surface area contributed by atoms with Crippen LogP contribution in [0.2, 0.25) is 0 Å². The van der Waals surface area contributed by atoms with Crippen LogP contribution in [-0.4, -0.2) is 14.8 Å². The quantitative estimate of drug-likeness (QED) is 0.846. The molecule has 5 heteroatoms. The monoisotopic (exact) mass is 283 g/mol. The van der Waals surface area contributed by atoms with Crippen LogP contribution in [0.3, 0.4) is 0 Å². The second-order valence-electron chi connectivity index (χ2n) is 3.76. The Morgan fingerprint density at radius 2 is 2.12 bits per heavy atom. The molecule has 1 aromatic carbocycles. The molecule has 0 saturated heterocycles. The molecule has 0 amide bonds. The molecule has 1 aromatic heterocycles. The summed E-state index contributed by atoms with van der Waals surface area (Å²) in [4.78, 5) is 0. The molecule has 0 atom stereocenters. The predicted octanol–water partition coefficient (Wildman–Crippen LogP) is 3.43. The summed E-state index contributed by atoms with van der Waals surface area (Å²) >= 11 is 3.23. The Hall–Kier alpha value is -1.23. The Bertz CT molecular complexity index is 508. The zero-order valence-corrected chi connectivity index (χ0v) is 10.6. The number of hydrogen-bond acceptors (Lipinski definition) is 2. The van der Waals surface area contributed by atoms with E-state index in [1.54, 1.807) is 12.4 Å². The van der Waals surface area contributed by atoms with Gasteiger partial charge in [0.25, 0.3) is 0 Å². The van der Waals surface area contributed by atoms with E-state index in [1.165, 1.54) is 6.07 Å². The number of halogens is 2. The molecule has 1 heterocycles. The Balaban J connectivity index is 2.59. The van der Waals surface area contributed by atoms with Gasteiger partial charge in [0.05, 0.1) is 4.47 Å². The fourth-order valence-corrected chi connectivity index (χ4v) is 1.93. The summed E-state index contributed by atoms with van der Waals surface area (Å²) < 4.78 is 15.7. The summed E-state index contributed by atoms with van der Waals surface area (Å²) in [7, 11) is 0. The van der Waals surface area contributed by atoms with Gasteiger partial charge >= 0.3 is 0 Å². The van der Waals surface area contributed by atoms with Crippen molar-refractivity contribution in [2.45, 2.75) is 19.9 Å². The fraction of sp³-hybridized carbons (Fsp3) is 0.273. The third-order valence-electron chi connectivity index (χ3n) is 2.32. The molecule has 0 spiro atoms. The molecule has 0 aliphatic rings. The van der Waals surface area contributed by atoms with Gasteiger partial charge in [-0.2, -0.15) is 0 Å². The maximum absolute atomic E-state index is 13.4. The summed E-state index contributed by atoms with van der Waals surface area (Å²) in [6.07, 6.45) is 1.65. The lowest BCUT2D eigenvalue weighted by Crippen LogP contribution is -2.02. The van der Waals surface area contributed by atoms with Crippen molar-refractivity contribution in [1.82, 2.24) is 14.8 Å². The van der Waals surface area contributed by atoms with Crippen molar-refractivity contribution in [2.75, 3.05) is 0 Å². The minimum absolute atomic E-state index is 0.236. The summed E-state index contributed by atoms with van der Waals surface area (Å²) in [6.45, 7) is 4.06. The Kier molecular flexibility index (Phi) is 3.05. The first-order chi connectivity index (χ1) is 7.61. The van der Waals surface area contributed by atoms with Crippen LogP contribution in [0.25, 0.3) is 11.4 Å². The summed E-state index contributed by atoms with van der Waals surface area (Å²) in [5, 5.41) is 7.89. The van der Waals surface area contributed by atoms with Gasteiger partial charge in [0.1, 0.15) is 12.1 Å². The minimum atomic E-state index is -0.296. The Labute approximate surface area is 101 Å². The molecule has 84 valence electrons. The standard InChI is InChI=1S/C11H11BrFN3/c1-7(2)16-6-14-15-11(16)8-4-3-5-9(13)10(8)12/h3-7H,1-2H3. The molecule has 2 rings (SSSR count). The number of benzene rings is 1. The van der Waals surface area contributed by atoms with Gasteiger partial charge in [0.2, 0.25) is 0 Å². The van der Waals surface area contributed by atoms with Crippen LogP contribution in [0.5, 0.6) is 0 Å². The second-order valence-corrected chi connectivity index (χ2v) is 4.55. The molecule has 0 saturated carbocycles. The van der Waals surface area contributed by atoms with Crippen molar-refractivity contribution in [3.8, 4) is 11.4 Å². The number of nitrogens with zero attached hydrogens (tertiary/aromatic N) is 3. The van der Waals surface area contributed by atoms with Crippen LogP contribution >= 0.6 is 15.9 Å². The van der Waals surface area contributed by atoms with Gasteiger partial charge in [-0.1, -0.05) is 6.07 Å². The van der Waals surface area contributed by atoms with E-state index in [-0.39, 0.29) is 11.9 Å². The molecule has 0 N–H and O–H groups in total. The first-order valence-corrected chi connectivity index (χ1v) is 5.74. The first kappa shape index (κ1) is 11.3. The van der Waals surface area contributed by atoms with E-state index < -0.39 is 0 Å². The van der Waals surface area contributed by atoms with Gasteiger partial charge < -0.3 is 4.57 Å². The number of aromatic nitrogens is 3. The largest absolute Gasteiger partial charge is 0.311 e. The van der Waals surface area contributed by atoms with E-state index in [0.29, 0.717) is 15.9 Å². The molecule has 0 fully saturated rings. The van der Waals surface area contributed by atoms with Gasteiger partial charge in [0, 0.05) is 11.6 Å². The van der Waals surface area contributed by atoms with Crippen LogP contribution in [0.1, 0.15) is 19.9 Å². The lowest BCUT2D eigenvalue weighted by molar-refractivity contribution is 0.601. The molecule has 0 radical (unpaired) electrons. The summed E-state index contributed by atoms with van der Waals surface area (Å²) in [6, 6.07) is 5.12. The first-order valence-electron chi connectivity index (χ1n) is 4.95. The van der Waals surface area contributed by atoms with Crippen LogP contribution in [0, 0.1) is 5.82 Å². The second kappa shape index (κ2) is 4.33. The molecule has 0 bridgehead atoms. The van der Waals surface area contributed by atoms with Gasteiger partial charge in [-0.15, -0.1) is 10.2 Å². The molecule has 3 nitrogen and oxygen atoms in total. The van der Waals surface area contributed by atoms with Crippen molar-refractivity contribution in [3.05, 3.63) is 34.8 Å². The highest BCUT2D eigenvalue weighted by atomic mass is 79.9. The lowest BCUT2D eigenvalue weighted by Gasteiger charge is -2.11. The van der Waals surface area contributed by atoms with Crippen LogP contribution < -0.4 is 0 Å². The number of rotatable bonds is 2. The lowest BCUT2D eigenvalue weighted by atomic mass is 10.2. The molecule has 2 aromatic rings. The van der Waals surface area contributed by atoms with E-state index in [1.807, 2.05) is 24.5 Å². The average Bonchev–Trinajstić information content (AvgIpc) is 2.70. The highest BCUT2D eigenvalue weighted by molar-refractivity contribution is 9.10. The van der Waals surface area contributed by atoms with Gasteiger partial charge in [-0.25, -0.2) is 4.39 Å². The topological polar surface area (TPSA) is 30.7 Å². The Morgan fingerprint density at radius 3 is 2.81 bits per heavy atom. The molecular weight excluding hydrogens is 273 g/mol. The smallest absolute Gasteiger partial charge is 0.165 e. The van der Waals surface area contributed by atoms with E-state index in [2.05, 4.69) is 26.1 Å². The zero-order chi connectivity index (χ0) is 11.7. The highest BCUT2D eigenvalue weighted by Gasteiger charge is 2.14. The molecule has 0 aliphatic heterocycles. The van der Waals surface area contributed by atoms with Crippen LogP contribution in [0.4, 0.5) is 4.39 Å². The number of hydrogen-bond donors (Lipinski definition) is 0. The maximum Gasteiger partial charge on any atom is 0.165 e. The fourth-order valence-electron chi connectivity index (χ4n) is 1.49. The average molecular weight is 284 g/mol. The van der Waals surface area contributed by atoms with E-state index in [4.69, 9.17) is 0 Å². The van der Waals surface area contributed by atoms with E-state index in [0.717, 1.165) is 0 Å². The van der Waals surface area contributed by atoms with Crippen molar-refractivity contribution in [2.24, 2.45) is 0 Å². The molecule has 16 heavy (non-hydrogen) atoms. The normalized spacial score (nSPS) is 11.1. The van der Waals surface area contributed by atoms with Crippen molar-refractivity contribution < 1.29 is 4.39 Å². The van der Waals surface area contributed by atoms with E-state index in [9.17, 15) is 4.39 Å². The van der Waals surface area contributed by atoms with Crippen molar-refractivity contribution in [3.63, 3.8) is 0 Å². The molecule has 0 unspecified atom stereocenters. The third kappa shape index (κ3) is 1.87. The Morgan fingerprint density at radius 1 is 1.38 bits per heavy atom. The van der Waals surface area contributed by atoms with Crippen molar-refractivity contribution >= 4 is 15.9 Å². The molecular formula is C11H11BrFN3. The SMILES string of the molecule is CC(C)n1cnnc1-c1cccc(F)c1Br. The minimum Gasteiger partial charge on any atom is -0.311 e. The van der Waals surface area contributed by atoms with Crippen molar-refractivity contribution in [1.29, 1.82) is 0 Å². The third-order valence-corrected chi connectivity index (χ3v) is 3.13. The predicted molar refractivity (Wildman–Crippen MR) is 63.5 cm³/mol. The van der Waals surface area contributed by atoms with Gasteiger partial charge in [-0.05, 0) is 41.9 Å². The zero-order valence-electron chi connectivity index (χ0n) is 8.98. The van der Waals surface area contributed by atoms with Crippen LogP contribution in [-0.2, 0) is 0 Å². The highest BCUT2D eigenvalue weighted by Crippen LogP contribution is 2.29. The van der Waals surface area contributed by atoms with Gasteiger partial charge in [-0.3, -0.25) is 0 Å². The summed E-state index contributed by atoms with van der Waals surface area (Å²) in [5.41, 5.74) is 0.714. The summed E-state index contributed by atoms with van der Waals surface area (Å²) in [5.74, 6) is 0.372. The van der Waals surface area contributed by atoms with E-state index >= 15 is 0 Å². The van der Waals surface area contributed by atoms with Gasteiger partial charge in [0.15, 0.2) is 5.82 Å². The maximum atomic E-state index is 13.4. The molecule has 0 aliphatic carbocycles. The van der Waals surface area contributed by atoms with Crippen LogP contribution in [0.15, 0.2) is 29.0 Å².